The molecule has 2 aromatic carbocycles. The van der Waals surface area contributed by atoms with E-state index in [0.717, 1.165) is 5.56 Å². The first kappa shape index (κ1) is 16.2. The maximum atomic E-state index is 11.9. The summed E-state index contributed by atoms with van der Waals surface area (Å²) in [6, 6.07) is 15.9. The van der Waals surface area contributed by atoms with Gasteiger partial charge in [-0.2, -0.15) is 0 Å². The highest BCUT2D eigenvalue weighted by atomic mass is 31.2. The van der Waals surface area contributed by atoms with Crippen LogP contribution in [-0.4, -0.2) is 15.7 Å². The molecule has 0 fully saturated rings. The number of amides is 1. The summed E-state index contributed by atoms with van der Waals surface area (Å²) < 4.78 is 11.1. The summed E-state index contributed by atoms with van der Waals surface area (Å²) in [5.74, 6) is -0.359. The zero-order valence-electron chi connectivity index (χ0n) is 11.7. The van der Waals surface area contributed by atoms with Crippen LogP contribution in [0.15, 0.2) is 60.7 Å². The van der Waals surface area contributed by atoms with E-state index < -0.39 is 13.8 Å². The molecule has 5 nitrogen and oxygen atoms in total. The molecular weight excluding hydrogens is 301 g/mol. The fraction of sp³-hybridized carbons (Fsp3) is 0.0625. The van der Waals surface area contributed by atoms with Crippen LogP contribution in [0.1, 0.15) is 11.1 Å². The van der Waals surface area contributed by atoms with E-state index in [1.54, 1.807) is 30.3 Å². The molecule has 3 N–H and O–H groups in total. The van der Waals surface area contributed by atoms with Crippen molar-refractivity contribution in [1.82, 2.24) is 0 Å². The first-order valence-corrected chi connectivity index (χ1v) is 8.40. The van der Waals surface area contributed by atoms with E-state index in [2.05, 4.69) is 5.32 Å². The zero-order valence-corrected chi connectivity index (χ0v) is 12.6. The second kappa shape index (κ2) is 7.18. The molecule has 1 amide bonds. The largest absolute Gasteiger partial charge is 0.329 e. The van der Waals surface area contributed by atoms with E-state index in [0.29, 0.717) is 11.3 Å². The molecule has 0 aliphatic rings. The molecule has 0 spiro atoms. The molecule has 0 aliphatic heterocycles. The standard InChI is InChI=1S/C16H16NO4P/c18-16(11-10-13-6-2-1-3-7-13)17-15-9-5-4-8-14(15)12-22(19,20)21/h1-11H,12H2,(H,17,18)(H2,19,20,21). The van der Waals surface area contributed by atoms with Gasteiger partial charge in [0.1, 0.15) is 0 Å². The fourth-order valence-electron chi connectivity index (χ4n) is 1.91. The topological polar surface area (TPSA) is 86.6 Å². The third-order valence-corrected chi connectivity index (χ3v) is 3.63. The highest BCUT2D eigenvalue weighted by molar-refractivity contribution is 7.50. The predicted octanol–water partition coefficient (Wildman–Crippen LogP) is 3.02. The summed E-state index contributed by atoms with van der Waals surface area (Å²) in [6.45, 7) is 0. The Bertz CT molecular complexity index is 722. The number of para-hydroxylation sites is 1. The van der Waals surface area contributed by atoms with Crippen molar-refractivity contribution in [2.24, 2.45) is 0 Å². The van der Waals surface area contributed by atoms with Gasteiger partial charge in [-0.3, -0.25) is 9.36 Å². The SMILES string of the molecule is O=C(C=Cc1ccccc1)Nc1ccccc1CP(=O)(O)O. The van der Waals surface area contributed by atoms with Crippen LogP contribution in [0.2, 0.25) is 0 Å². The van der Waals surface area contributed by atoms with E-state index in [1.807, 2.05) is 30.3 Å². The van der Waals surface area contributed by atoms with Crippen LogP contribution in [0.5, 0.6) is 0 Å². The van der Waals surface area contributed by atoms with Crippen LogP contribution in [0.3, 0.4) is 0 Å². The Morgan fingerprint density at radius 3 is 2.36 bits per heavy atom. The third-order valence-electron chi connectivity index (χ3n) is 2.88. The van der Waals surface area contributed by atoms with Crippen LogP contribution >= 0.6 is 7.60 Å². The number of benzene rings is 2. The van der Waals surface area contributed by atoms with E-state index in [4.69, 9.17) is 9.79 Å². The van der Waals surface area contributed by atoms with Crippen LogP contribution in [0.25, 0.3) is 6.08 Å². The van der Waals surface area contributed by atoms with Gasteiger partial charge >= 0.3 is 7.60 Å². The molecule has 0 atom stereocenters. The lowest BCUT2D eigenvalue weighted by molar-refractivity contribution is -0.111. The minimum absolute atomic E-state index is 0.359. The van der Waals surface area contributed by atoms with Crippen LogP contribution in [0, 0.1) is 0 Å². The van der Waals surface area contributed by atoms with Crippen molar-refractivity contribution < 1.29 is 19.1 Å². The summed E-state index contributed by atoms with van der Waals surface area (Å²) in [5, 5.41) is 2.63. The van der Waals surface area contributed by atoms with Crippen LogP contribution < -0.4 is 5.32 Å². The Labute approximate surface area is 128 Å². The smallest absolute Gasteiger partial charge is 0.324 e. The maximum absolute atomic E-state index is 11.9. The summed E-state index contributed by atoms with van der Waals surface area (Å²) in [5.41, 5.74) is 1.69. The average molecular weight is 317 g/mol. The average Bonchev–Trinajstić information content (AvgIpc) is 2.47. The van der Waals surface area contributed by atoms with Gasteiger partial charge < -0.3 is 15.1 Å². The molecule has 0 bridgehead atoms. The molecule has 0 heterocycles. The van der Waals surface area contributed by atoms with E-state index in [9.17, 15) is 9.36 Å². The number of hydrogen-bond donors (Lipinski definition) is 3. The molecular formula is C16H16NO4P. The summed E-state index contributed by atoms with van der Waals surface area (Å²) >= 11 is 0. The minimum Gasteiger partial charge on any atom is -0.324 e. The van der Waals surface area contributed by atoms with Crippen molar-refractivity contribution in [2.75, 3.05) is 5.32 Å². The van der Waals surface area contributed by atoms with Gasteiger partial charge in [-0.1, -0.05) is 48.5 Å². The molecule has 0 aliphatic carbocycles. The normalized spacial score (nSPS) is 11.5. The molecule has 0 saturated heterocycles. The Kier molecular flexibility index (Phi) is 5.28. The number of anilines is 1. The van der Waals surface area contributed by atoms with Crippen molar-refractivity contribution in [3.63, 3.8) is 0 Å². The molecule has 0 saturated carbocycles. The zero-order chi connectivity index (χ0) is 16.0. The first-order chi connectivity index (χ1) is 10.4. The monoisotopic (exact) mass is 317 g/mol. The molecule has 6 heteroatoms. The van der Waals surface area contributed by atoms with Gasteiger partial charge in [0, 0.05) is 11.8 Å². The minimum atomic E-state index is -4.19. The van der Waals surface area contributed by atoms with Gasteiger partial charge in [0.15, 0.2) is 0 Å². The van der Waals surface area contributed by atoms with Crippen LogP contribution in [0.4, 0.5) is 5.69 Å². The Hall–Kier alpha value is -2.20. The number of carbonyl (C=O) groups is 1. The molecule has 114 valence electrons. The van der Waals surface area contributed by atoms with Crippen molar-refractivity contribution in [1.29, 1.82) is 0 Å². The van der Waals surface area contributed by atoms with E-state index in [1.165, 1.54) is 6.08 Å². The molecule has 2 rings (SSSR count). The molecule has 0 radical (unpaired) electrons. The highest BCUT2D eigenvalue weighted by Crippen LogP contribution is 2.40. The summed E-state index contributed by atoms with van der Waals surface area (Å²) in [4.78, 5) is 30.0. The van der Waals surface area contributed by atoms with Crippen molar-refractivity contribution in [2.45, 2.75) is 6.16 Å². The van der Waals surface area contributed by atoms with Crippen molar-refractivity contribution in [3.8, 4) is 0 Å². The summed E-state index contributed by atoms with van der Waals surface area (Å²) in [7, 11) is -4.19. The first-order valence-electron chi connectivity index (χ1n) is 6.61. The second-order valence-electron chi connectivity index (χ2n) is 4.71. The van der Waals surface area contributed by atoms with Crippen LogP contribution in [-0.2, 0) is 15.5 Å². The number of nitrogens with one attached hydrogen (secondary N) is 1. The Balaban J connectivity index is 2.09. The van der Waals surface area contributed by atoms with E-state index in [-0.39, 0.29) is 5.91 Å². The lowest BCUT2D eigenvalue weighted by atomic mass is 10.2. The predicted molar refractivity (Wildman–Crippen MR) is 86.3 cm³/mol. The van der Waals surface area contributed by atoms with Gasteiger partial charge in [0.05, 0.1) is 6.16 Å². The Morgan fingerprint density at radius 1 is 1.05 bits per heavy atom. The molecule has 2 aromatic rings. The van der Waals surface area contributed by atoms with Gasteiger partial charge in [-0.05, 0) is 23.3 Å². The lowest BCUT2D eigenvalue weighted by Crippen LogP contribution is -2.09. The fourth-order valence-corrected chi connectivity index (χ4v) is 2.63. The summed E-state index contributed by atoms with van der Waals surface area (Å²) in [6.07, 6.45) is 2.64. The quantitative estimate of drug-likeness (QED) is 0.584. The van der Waals surface area contributed by atoms with Crippen molar-refractivity contribution in [3.05, 3.63) is 71.8 Å². The van der Waals surface area contributed by atoms with Gasteiger partial charge in [0.2, 0.25) is 5.91 Å². The lowest BCUT2D eigenvalue weighted by Gasteiger charge is -2.10. The van der Waals surface area contributed by atoms with Gasteiger partial charge in [-0.15, -0.1) is 0 Å². The second-order valence-corrected chi connectivity index (χ2v) is 6.36. The van der Waals surface area contributed by atoms with Crippen molar-refractivity contribution >= 4 is 25.3 Å². The number of rotatable bonds is 5. The molecule has 0 aromatic heterocycles. The number of hydrogen-bond acceptors (Lipinski definition) is 2. The van der Waals surface area contributed by atoms with E-state index >= 15 is 0 Å². The number of carbonyl (C=O) groups excluding carboxylic acids is 1. The van der Waals surface area contributed by atoms with Gasteiger partial charge in [-0.25, -0.2) is 0 Å². The van der Waals surface area contributed by atoms with Gasteiger partial charge in [0.25, 0.3) is 0 Å². The maximum Gasteiger partial charge on any atom is 0.329 e. The molecule has 0 unspecified atom stereocenters. The third kappa shape index (κ3) is 5.30. The Morgan fingerprint density at radius 2 is 1.68 bits per heavy atom. The molecule has 22 heavy (non-hydrogen) atoms. The highest BCUT2D eigenvalue weighted by Gasteiger charge is 2.16.